The van der Waals surface area contributed by atoms with Crippen LogP contribution in [0.4, 0.5) is 0 Å². The molecule has 0 spiro atoms. The van der Waals surface area contributed by atoms with E-state index in [4.69, 9.17) is 9.88 Å². The molecule has 0 amide bonds. The molecule has 24 heavy (non-hydrogen) atoms. The van der Waals surface area contributed by atoms with Gasteiger partial charge in [0.2, 0.25) is 10.0 Å². The smallest absolute Gasteiger partial charge is 0.247 e. The topological polar surface area (TPSA) is 124 Å². The van der Waals surface area contributed by atoms with Crippen molar-refractivity contribution in [3.63, 3.8) is 0 Å². The molecule has 10 heteroatoms. The Labute approximate surface area is 144 Å². The van der Waals surface area contributed by atoms with Crippen molar-refractivity contribution < 1.29 is 26.7 Å². The summed E-state index contributed by atoms with van der Waals surface area (Å²) in [7, 11) is -6.11. The van der Waals surface area contributed by atoms with Crippen molar-refractivity contribution in [3.05, 3.63) is 42.0 Å². The summed E-state index contributed by atoms with van der Waals surface area (Å²) >= 11 is 0.600. The summed E-state index contributed by atoms with van der Waals surface area (Å²) in [6.45, 7) is 0. The highest BCUT2D eigenvalue weighted by Crippen LogP contribution is 2.27. The van der Waals surface area contributed by atoms with E-state index in [0.717, 1.165) is 6.07 Å². The molecule has 0 aliphatic heterocycles. The number of sulfone groups is 1. The zero-order valence-electron chi connectivity index (χ0n) is 12.7. The standard InChI is InChI=1S/C14H17NO6S3/c1-21-11-4-2-10(3-5-11)12(16)8-9-23(17,18)13-6-7-14(22-13)24(15,19)20/h2-7,12,16H,8-9H2,1H3,(H2,15,19,20). The van der Waals surface area contributed by atoms with Gasteiger partial charge in [-0.2, -0.15) is 0 Å². The van der Waals surface area contributed by atoms with Crippen molar-refractivity contribution in [3.8, 4) is 5.75 Å². The molecule has 0 bridgehead atoms. The SMILES string of the molecule is COc1ccc(C(O)CCS(=O)(=O)c2ccc(S(N)(=O)=O)s2)cc1. The molecule has 7 nitrogen and oxygen atoms in total. The Morgan fingerprint density at radius 3 is 2.17 bits per heavy atom. The fourth-order valence-corrected chi connectivity index (χ4v) is 5.64. The monoisotopic (exact) mass is 391 g/mol. The lowest BCUT2D eigenvalue weighted by molar-refractivity contribution is 0.174. The first-order valence-electron chi connectivity index (χ1n) is 6.81. The van der Waals surface area contributed by atoms with Crippen molar-refractivity contribution in [2.24, 2.45) is 5.14 Å². The fraction of sp³-hybridized carbons (Fsp3) is 0.286. The number of benzene rings is 1. The summed E-state index contributed by atoms with van der Waals surface area (Å²) in [5.74, 6) is 0.317. The second kappa shape index (κ2) is 7.19. The molecule has 132 valence electrons. The molecule has 2 rings (SSSR count). The highest BCUT2D eigenvalue weighted by molar-refractivity contribution is 7.95. The van der Waals surface area contributed by atoms with Crippen molar-refractivity contribution in [1.29, 1.82) is 0 Å². The third kappa shape index (κ3) is 4.54. The van der Waals surface area contributed by atoms with Crippen LogP contribution in [0.5, 0.6) is 5.75 Å². The van der Waals surface area contributed by atoms with Gasteiger partial charge in [-0.1, -0.05) is 12.1 Å². The predicted octanol–water partition coefficient (Wildman–Crippen LogP) is 1.30. The molecule has 1 aromatic carbocycles. The van der Waals surface area contributed by atoms with E-state index >= 15 is 0 Å². The molecule has 0 saturated carbocycles. The number of aliphatic hydroxyl groups excluding tert-OH is 1. The summed E-state index contributed by atoms with van der Waals surface area (Å²) in [5, 5.41) is 15.1. The number of ether oxygens (including phenoxy) is 1. The summed E-state index contributed by atoms with van der Waals surface area (Å²) in [6, 6.07) is 9.02. The molecule has 2 aromatic rings. The summed E-state index contributed by atoms with van der Waals surface area (Å²) in [4.78, 5) is 0. The Balaban J connectivity index is 2.07. The highest BCUT2D eigenvalue weighted by Gasteiger charge is 2.22. The molecule has 0 saturated heterocycles. The number of aliphatic hydroxyl groups is 1. The van der Waals surface area contributed by atoms with E-state index in [1.165, 1.54) is 13.2 Å². The van der Waals surface area contributed by atoms with Gasteiger partial charge in [-0.25, -0.2) is 22.0 Å². The van der Waals surface area contributed by atoms with Crippen LogP contribution in [0.15, 0.2) is 44.8 Å². The van der Waals surface area contributed by atoms with E-state index in [0.29, 0.717) is 22.6 Å². The molecule has 1 unspecified atom stereocenters. The zero-order valence-corrected chi connectivity index (χ0v) is 15.2. The lowest BCUT2D eigenvalue weighted by Crippen LogP contribution is -2.10. The van der Waals surface area contributed by atoms with Crippen LogP contribution in [0.25, 0.3) is 0 Å². The second-order valence-electron chi connectivity index (χ2n) is 5.01. The van der Waals surface area contributed by atoms with E-state index < -0.39 is 26.0 Å². The molecule has 1 heterocycles. The van der Waals surface area contributed by atoms with Crippen LogP contribution in [-0.4, -0.2) is 34.8 Å². The van der Waals surface area contributed by atoms with Crippen LogP contribution in [-0.2, 0) is 19.9 Å². The number of rotatable bonds is 7. The highest BCUT2D eigenvalue weighted by atomic mass is 32.3. The average molecular weight is 391 g/mol. The number of hydrogen-bond acceptors (Lipinski definition) is 7. The number of nitrogens with two attached hydrogens (primary N) is 1. The van der Waals surface area contributed by atoms with Gasteiger partial charge in [0, 0.05) is 0 Å². The minimum absolute atomic E-state index is 0.0166. The van der Waals surface area contributed by atoms with Crippen LogP contribution in [0, 0.1) is 0 Å². The Hall–Kier alpha value is -1.46. The van der Waals surface area contributed by atoms with Crippen LogP contribution >= 0.6 is 11.3 Å². The minimum Gasteiger partial charge on any atom is -0.497 e. The molecule has 1 aromatic heterocycles. The Bertz CT molecular complexity index is 900. The van der Waals surface area contributed by atoms with Gasteiger partial charge in [0.15, 0.2) is 9.84 Å². The number of hydrogen-bond donors (Lipinski definition) is 2. The van der Waals surface area contributed by atoms with Gasteiger partial charge in [-0.15, -0.1) is 11.3 Å². The van der Waals surface area contributed by atoms with E-state index in [-0.39, 0.29) is 20.6 Å². The first kappa shape index (κ1) is 18.9. The second-order valence-corrected chi connectivity index (χ2v) is 10.2. The maximum Gasteiger partial charge on any atom is 0.247 e. The fourth-order valence-electron chi connectivity index (χ4n) is 1.98. The van der Waals surface area contributed by atoms with Gasteiger partial charge < -0.3 is 9.84 Å². The van der Waals surface area contributed by atoms with Crippen LogP contribution in [0.3, 0.4) is 0 Å². The zero-order chi connectivity index (χ0) is 18.0. The van der Waals surface area contributed by atoms with E-state index in [9.17, 15) is 21.9 Å². The Morgan fingerprint density at radius 1 is 1.08 bits per heavy atom. The van der Waals surface area contributed by atoms with E-state index in [1.807, 2.05) is 0 Å². The molecule has 3 N–H and O–H groups in total. The summed E-state index contributed by atoms with van der Waals surface area (Å²) < 4.78 is 51.7. The Morgan fingerprint density at radius 2 is 1.67 bits per heavy atom. The van der Waals surface area contributed by atoms with Crippen molar-refractivity contribution in [2.75, 3.05) is 12.9 Å². The maximum atomic E-state index is 12.3. The van der Waals surface area contributed by atoms with Crippen molar-refractivity contribution in [2.45, 2.75) is 20.9 Å². The summed E-state index contributed by atoms with van der Waals surface area (Å²) in [5.41, 5.74) is 0.572. The third-order valence-corrected chi connectivity index (χ3v) is 8.16. The first-order chi connectivity index (χ1) is 11.1. The average Bonchev–Trinajstić information content (AvgIpc) is 3.04. The van der Waals surface area contributed by atoms with Crippen molar-refractivity contribution >= 4 is 31.2 Å². The van der Waals surface area contributed by atoms with Crippen LogP contribution in [0.1, 0.15) is 18.1 Å². The van der Waals surface area contributed by atoms with Gasteiger partial charge in [-0.3, -0.25) is 0 Å². The Kier molecular flexibility index (Phi) is 5.66. The lowest BCUT2D eigenvalue weighted by Gasteiger charge is -2.11. The maximum absolute atomic E-state index is 12.3. The van der Waals surface area contributed by atoms with Crippen molar-refractivity contribution in [1.82, 2.24) is 0 Å². The number of primary sulfonamides is 1. The van der Waals surface area contributed by atoms with Gasteiger partial charge in [-0.05, 0) is 36.2 Å². The molecule has 0 aliphatic carbocycles. The number of thiophene rings is 1. The number of methoxy groups -OCH3 is 1. The van der Waals surface area contributed by atoms with Crippen LogP contribution < -0.4 is 9.88 Å². The van der Waals surface area contributed by atoms with E-state index in [1.54, 1.807) is 24.3 Å². The minimum atomic E-state index is -3.93. The first-order valence-corrected chi connectivity index (χ1v) is 10.8. The molecular formula is C14H17NO6S3. The summed E-state index contributed by atoms with van der Waals surface area (Å²) in [6.07, 6.45) is -0.972. The third-order valence-electron chi connectivity index (χ3n) is 3.30. The normalized spacial score (nSPS) is 13.6. The molecule has 0 aliphatic rings. The molecule has 0 fully saturated rings. The molecule has 1 atom stereocenters. The van der Waals surface area contributed by atoms with Gasteiger partial charge in [0.05, 0.1) is 19.0 Å². The molecular weight excluding hydrogens is 374 g/mol. The van der Waals surface area contributed by atoms with Gasteiger partial charge in [0.1, 0.15) is 14.2 Å². The predicted molar refractivity (Wildman–Crippen MR) is 90.3 cm³/mol. The lowest BCUT2D eigenvalue weighted by atomic mass is 10.1. The molecule has 0 radical (unpaired) electrons. The van der Waals surface area contributed by atoms with Gasteiger partial charge >= 0.3 is 0 Å². The number of sulfonamides is 1. The van der Waals surface area contributed by atoms with Crippen LogP contribution in [0.2, 0.25) is 0 Å². The van der Waals surface area contributed by atoms with Gasteiger partial charge in [0.25, 0.3) is 0 Å². The quantitative estimate of drug-likeness (QED) is 0.733. The largest absolute Gasteiger partial charge is 0.497 e. The van der Waals surface area contributed by atoms with E-state index in [2.05, 4.69) is 0 Å².